The number of carboxylic acid groups (broad SMARTS) is 1. The van der Waals surface area contributed by atoms with E-state index in [1.165, 1.54) is 0 Å². The SMILES string of the molecule is CCOc1ccccc1NC(=O)NCC(C)(CO)CC(=O)O. The van der Waals surface area contributed by atoms with Crippen molar-refractivity contribution in [3.63, 3.8) is 0 Å². The van der Waals surface area contributed by atoms with Gasteiger partial charge in [-0.15, -0.1) is 0 Å². The number of nitrogens with one attached hydrogen (secondary N) is 2. The second-order valence-corrected chi connectivity index (χ2v) is 5.28. The zero-order valence-corrected chi connectivity index (χ0v) is 12.8. The summed E-state index contributed by atoms with van der Waals surface area (Å²) in [5, 5.41) is 23.3. The fraction of sp³-hybridized carbons (Fsp3) is 0.467. The van der Waals surface area contributed by atoms with E-state index >= 15 is 0 Å². The van der Waals surface area contributed by atoms with Crippen molar-refractivity contribution in [3.05, 3.63) is 24.3 Å². The molecule has 1 aromatic rings. The van der Waals surface area contributed by atoms with Crippen LogP contribution in [0.3, 0.4) is 0 Å². The van der Waals surface area contributed by atoms with Crippen molar-refractivity contribution in [3.8, 4) is 5.75 Å². The zero-order chi connectivity index (χ0) is 16.6. The molecule has 0 bridgehead atoms. The van der Waals surface area contributed by atoms with Crippen molar-refractivity contribution >= 4 is 17.7 Å². The van der Waals surface area contributed by atoms with E-state index in [-0.39, 0.29) is 19.6 Å². The summed E-state index contributed by atoms with van der Waals surface area (Å²) in [7, 11) is 0. The molecule has 0 saturated carbocycles. The van der Waals surface area contributed by atoms with Gasteiger partial charge in [0.25, 0.3) is 0 Å². The third-order valence-corrected chi connectivity index (χ3v) is 3.07. The first-order chi connectivity index (χ1) is 10.4. The summed E-state index contributed by atoms with van der Waals surface area (Å²) in [6.07, 6.45) is -0.237. The van der Waals surface area contributed by atoms with Gasteiger partial charge in [-0.25, -0.2) is 4.79 Å². The molecule has 0 fully saturated rings. The molecule has 1 aromatic carbocycles. The second-order valence-electron chi connectivity index (χ2n) is 5.28. The maximum absolute atomic E-state index is 11.9. The van der Waals surface area contributed by atoms with E-state index in [4.69, 9.17) is 9.84 Å². The lowest BCUT2D eigenvalue weighted by molar-refractivity contribution is -0.140. The minimum Gasteiger partial charge on any atom is -0.492 e. The molecule has 1 unspecified atom stereocenters. The highest BCUT2D eigenvalue weighted by Gasteiger charge is 2.27. The molecule has 7 nitrogen and oxygen atoms in total. The summed E-state index contributed by atoms with van der Waals surface area (Å²) in [5.41, 5.74) is -0.395. The highest BCUT2D eigenvalue weighted by atomic mass is 16.5. The van der Waals surface area contributed by atoms with Gasteiger partial charge in [0, 0.05) is 12.0 Å². The highest BCUT2D eigenvalue weighted by molar-refractivity contribution is 5.90. The molecule has 122 valence electrons. The van der Waals surface area contributed by atoms with Crippen LogP contribution in [0, 0.1) is 5.41 Å². The molecule has 0 spiro atoms. The van der Waals surface area contributed by atoms with Gasteiger partial charge in [0.1, 0.15) is 5.75 Å². The number of para-hydroxylation sites is 2. The third kappa shape index (κ3) is 5.61. The lowest BCUT2D eigenvalue weighted by Crippen LogP contribution is -2.41. The Hall–Kier alpha value is -2.28. The van der Waals surface area contributed by atoms with Gasteiger partial charge < -0.3 is 25.6 Å². The predicted octanol–water partition coefficient (Wildman–Crippen LogP) is 1.68. The Kier molecular flexibility index (Phi) is 6.65. The molecule has 1 rings (SSSR count). The van der Waals surface area contributed by atoms with E-state index in [2.05, 4.69) is 10.6 Å². The fourth-order valence-electron chi connectivity index (χ4n) is 1.85. The van der Waals surface area contributed by atoms with Crippen LogP contribution in [0.15, 0.2) is 24.3 Å². The molecular weight excluding hydrogens is 288 g/mol. The van der Waals surface area contributed by atoms with Crippen LogP contribution < -0.4 is 15.4 Å². The number of hydrogen-bond donors (Lipinski definition) is 4. The Morgan fingerprint density at radius 2 is 2.00 bits per heavy atom. The molecule has 22 heavy (non-hydrogen) atoms. The van der Waals surface area contributed by atoms with Crippen molar-refractivity contribution in [2.24, 2.45) is 5.41 Å². The number of anilines is 1. The van der Waals surface area contributed by atoms with Gasteiger partial charge in [-0.05, 0) is 19.1 Å². The van der Waals surface area contributed by atoms with E-state index in [9.17, 15) is 14.7 Å². The summed E-state index contributed by atoms with van der Waals surface area (Å²) >= 11 is 0. The fourth-order valence-corrected chi connectivity index (χ4v) is 1.85. The normalized spacial score (nSPS) is 13.0. The first-order valence-electron chi connectivity index (χ1n) is 6.99. The molecule has 2 amide bonds. The smallest absolute Gasteiger partial charge is 0.319 e. The van der Waals surface area contributed by atoms with Crippen molar-refractivity contribution in [2.75, 3.05) is 25.1 Å². The lowest BCUT2D eigenvalue weighted by Gasteiger charge is -2.25. The van der Waals surface area contributed by atoms with Gasteiger partial charge in [-0.3, -0.25) is 4.79 Å². The first-order valence-corrected chi connectivity index (χ1v) is 6.99. The average Bonchev–Trinajstić information content (AvgIpc) is 2.47. The number of aliphatic hydroxyl groups excluding tert-OH is 1. The second kappa shape index (κ2) is 8.23. The molecule has 4 N–H and O–H groups in total. The largest absolute Gasteiger partial charge is 0.492 e. The lowest BCUT2D eigenvalue weighted by atomic mass is 9.88. The molecule has 0 radical (unpaired) electrons. The summed E-state index contributed by atoms with van der Waals surface area (Å²) in [4.78, 5) is 22.7. The Morgan fingerprint density at radius 3 is 2.59 bits per heavy atom. The average molecular weight is 310 g/mol. The number of aliphatic carboxylic acids is 1. The summed E-state index contributed by atoms with van der Waals surface area (Å²) in [6.45, 7) is 3.61. The van der Waals surface area contributed by atoms with Gasteiger partial charge in [0.15, 0.2) is 0 Å². The molecule has 7 heteroatoms. The van der Waals surface area contributed by atoms with E-state index in [1.807, 2.05) is 6.92 Å². The Morgan fingerprint density at radius 1 is 1.32 bits per heavy atom. The van der Waals surface area contributed by atoms with Crippen LogP contribution in [0.5, 0.6) is 5.75 Å². The van der Waals surface area contributed by atoms with Crippen LogP contribution in [0.25, 0.3) is 0 Å². The number of carboxylic acids is 1. The maximum atomic E-state index is 11.9. The standard InChI is InChI=1S/C15H22N2O5/c1-3-22-12-7-5-4-6-11(12)17-14(21)16-9-15(2,10-18)8-13(19)20/h4-7,18H,3,8-10H2,1-2H3,(H,19,20)(H2,16,17,21). The van der Waals surface area contributed by atoms with Gasteiger partial charge in [0.05, 0.1) is 25.3 Å². The minimum absolute atomic E-state index is 0.0401. The van der Waals surface area contributed by atoms with Gasteiger partial charge in [-0.1, -0.05) is 19.1 Å². The number of carbonyl (C=O) groups is 2. The molecule has 0 aliphatic rings. The summed E-state index contributed by atoms with van der Waals surface area (Å²) in [6, 6.07) is 6.51. The Balaban J connectivity index is 2.61. The third-order valence-electron chi connectivity index (χ3n) is 3.07. The van der Waals surface area contributed by atoms with Crippen molar-refractivity contribution in [2.45, 2.75) is 20.3 Å². The zero-order valence-electron chi connectivity index (χ0n) is 12.8. The Bertz CT molecular complexity index is 520. The van der Waals surface area contributed by atoms with E-state index in [0.717, 1.165) is 0 Å². The summed E-state index contributed by atoms with van der Waals surface area (Å²) < 4.78 is 5.40. The van der Waals surface area contributed by atoms with Crippen molar-refractivity contribution in [1.29, 1.82) is 0 Å². The molecular formula is C15H22N2O5. The number of urea groups is 1. The topological polar surface area (TPSA) is 108 Å². The number of aliphatic hydroxyl groups is 1. The number of rotatable bonds is 8. The highest BCUT2D eigenvalue weighted by Crippen LogP contribution is 2.24. The molecule has 0 aliphatic carbocycles. The van der Waals surface area contributed by atoms with Crippen LogP contribution in [-0.4, -0.2) is 42.0 Å². The predicted molar refractivity (Wildman–Crippen MR) is 82.1 cm³/mol. The molecule has 0 saturated heterocycles. The van der Waals surface area contributed by atoms with Crippen molar-refractivity contribution in [1.82, 2.24) is 5.32 Å². The van der Waals surface area contributed by atoms with Crippen molar-refractivity contribution < 1.29 is 24.5 Å². The Labute approximate surface area is 129 Å². The molecule has 0 aliphatic heterocycles. The summed E-state index contributed by atoms with van der Waals surface area (Å²) in [5.74, 6) is -0.476. The van der Waals surface area contributed by atoms with Gasteiger partial charge >= 0.3 is 12.0 Å². The molecule has 0 aromatic heterocycles. The monoisotopic (exact) mass is 310 g/mol. The van der Waals surface area contributed by atoms with Crippen LogP contribution in [0.4, 0.5) is 10.5 Å². The number of ether oxygens (including phenoxy) is 1. The van der Waals surface area contributed by atoms with E-state index in [0.29, 0.717) is 18.0 Å². The number of hydrogen-bond acceptors (Lipinski definition) is 4. The minimum atomic E-state index is -1.03. The quantitative estimate of drug-likeness (QED) is 0.584. The van der Waals surface area contributed by atoms with Gasteiger partial charge in [0.2, 0.25) is 0 Å². The van der Waals surface area contributed by atoms with Crippen LogP contribution in [-0.2, 0) is 4.79 Å². The van der Waals surface area contributed by atoms with Crippen LogP contribution in [0.2, 0.25) is 0 Å². The van der Waals surface area contributed by atoms with Crippen LogP contribution in [0.1, 0.15) is 20.3 Å². The first kappa shape index (κ1) is 17.8. The molecule has 1 atom stereocenters. The maximum Gasteiger partial charge on any atom is 0.319 e. The molecule has 0 heterocycles. The number of carbonyl (C=O) groups excluding carboxylic acids is 1. The van der Waals surface area contributed by atoms with E-state index in [1.54, 1.807) is 31.2 Å². The number of benzene rings is 1. The van der Waals surface area contributed by atoms with E-state index < -0.39 is 17.4 Å². The van der Waals surface area contributed by atoms with Gasteiger partial charge in [-0.2, -0.15) is 0 Å². The number of amides is 2. The van der Waals surface area contributed by atoms with Crippen LogP contribution >= 0.6 is 0 Å².